The minimum atomic E-state index is 0.481. The monoisotopic (exact) mass is 358 g/mol. The summed E-state index contributed by atoms with van der Waals surface area (Å²) in [6.45, 7) is 3.44. The van der Waals surface area contributed by atoms with Crippen molar-refractivity contribution in [2.24, 2.45) is 5.41 Å². The summed E-state index contributed by atoms with van der Waals surface area (Å²) in [7, 11) is 4.37. The topological polar surface area (TPSA) is 15.3 Å². The molecule has 1 aliphatic rings. The molecule has 20 heavy (non-hydrogen) atoms. The number of hydrogen-bond donors (Lipinski definition) is 1. The van der Waals surface area contributed by atoms with Crippen LogP contribution in [-0.4, -0.2) is 32.1 Å². The average molecular weight is 359 g/mol. The number of rotatable bonds is 6. The SMILES string of the molecule is CNCC1(CN(C)Cc2cc(Br)cs2)CCCCCC1. The Kier molecular flexibility index (Phi) is 6.53. The summed E-state index contributed by atoms with van der Waals surface area (Å²) in [5.74, 6) is 0. The number of thiophene rings is 1. The molecule has 0 spiro atoms. The lowest BCUT2D eigenvalue weighted by atomic mass is 9.79. The van der Waals surface area contributed by atoms with Gasteiger partial charge in [-0.05, 0) is 54.3 Å². The molecule has 1 saturated carbocycles. The minimum absolute atomic E-state index is 0.481. The molecule has 0 atom stereocenters. The number of hydrogen-bond acceptors (Lipinski definition) is 3. The fourth-order valence-corrected chi connectivity index (χ4v) is 5.11. The number of halogens is 1. The molecule has 2 rings (SSSR count). The normalized spacial score (nSPS) is 19.2. The maximum absolute atomic E-state index is 3.55. The van der Waals surface area contributed by atoms with E-state index >= 15 is 0 Å². The predicted molar refractivity (Wildman–Crippen MR) is 92.4 cm³/mol. The Morgan fingerprint density at radius 2 is 2.00 bits per heavy atom. The Hall–Kier alpha value is 0.1000. The molecule has 0 amide bonds. The quantitative estimate of drug-likeness (QED) is 0.752. The molecule has 4 heteroatoms. The summed E-state index contributed by atoms with van der Waals surface area (Å²) in [6.07, 6.45) is 8.42. The van der Waals surface area contributed by atoms with Gasteiger partial charge in [-0.15, -0.1) is 11.3 Å². The van der Waals surface area contributed by atoms with Crippen molar-refractivity contribution in [2.45, 2.75) is 45.1 Å². The van der Waals surface area contributed by atoms with Crippen LogP contribution in [0.1, 0.15) is 43.4 Å². The molecule has 2 nitrogen and oxygen atoms in total. The molecule has 1 aliphatic carbocycles. The molecule has 0 aliphatic heterocycles. The van der Waals surface area contributed by atoms with Crippen molar-refractivity contribution in [3.05, 3.63) is 20.8 Å². The van der Waals surface area contributed by atoms with Gasteiger partial charge in [-0.1, -0.05) is 25.7 Å². The Morgan fingerprint density at radius 3 is 2.55 bits per heavy atom. The van der Waals surface area contributed by atoms with Crippen molar-refractivity contribution in [2.75, 3.05) is 27.2 Å². The third kappa shape index (κ3) is 4.83. The van der Waals surface area contributed by atoms with E-state index < -0.39 is 0 Å². The summed E-state index contributed by atoms with van der Waals surface area (Å²) in [4.78, 5) is 3.97. The molecule has 0 saturated heterocycles. The van der Waals surface area contributed by atoms with Gasteiger partial charge in [-0.3, -0.25) is 0 Å². The van der Waals surface area contributed by atoms with Crippen LogP contribution in [0.25, 0.3) is 0 Å². The molecular weight excluding hydrogens is 332 g/mol. The smallest absolute Gasteiger partial charge is 0.0325 e. The molecule has 114 valence electrons. The first-order valence-corrected chi connectivity index (χ1v) is 9.37. The van der Waals surface area contributed by atoms with Crippen LogP contribution in [0, 0.1) is 5.41 Å². The molecule has 0 radical (unpaired) electrons. The van der Waals surface area contributed by atoms with Crippen molar-refractivity contribution in [1.29, 1.82) is 0 Å². The fourth-order valence-electron chi connectivity index (χ4n) is 3.58. The molecular formula is C16H27BrN2S. The van der Waals surface area contributed by atoms with E-state index in [9.17, 15) is 0 Å². The van der Waals surface area contributed by atoms with Gasteiger partial charge in [-0.25, -0.2) is 0 Å². The van der Waals surface area contributed by atoms with E-state index in [1.165, 1.54) is 54.4 Å². The van der Waals surface area contributed by atoms with Gasteiger partial charge < -0.3 is 10.2 Å². The van der Waals surface area contributed by atoms with Gasteiger partial charge in [-0.2, -0.15) is 0 Å². The van der Waals surface area contributed by atoms with Crippen LogP contribution in [-0.2, 0) is 6.54 Å². The first-order chi connectivity index (χ1) is 9.63. The fraction of sp³-hybridized carbons (Fsp3) is 0.750. The zero-order valence-corrected chi connectivity index (χ0v) is 15.2. The highest BCUT2D eigenvalue weighted by molar-refractivity contribution is 9.10. The third-order valence-corrected chi connectivity index (χ3v) is 6.05. The van der Waals surface area contributed by atoms with Crippen molar-refractivity contribution >= 4 is 27.3 Å². The van der Waals surface area contributed by atoms with Gasteiger partial charge >= 0.3 is 0 Å². The minimum Gasteiger partial charge on any atom is -0.319 e. The first kappa shape index (κ1) is 16.5. The lowest BCUT2D eigenvalue weighted by Crippen LogP contribution is -2.41. The van der Waals surface area contributed by atoms with Crippen molar-refractivity contribution in [1.82, 2.24) is 10.2 Å². The second-order valence-corrected chi connectivity index (χ2v) is 8.26. The summed E-state index contributed by atoms with van der Waals surface area (Å²) < 4.78 is 1.21. The second-order valence-electron chi connectivity index (χ2n) is 6.35. The lowest BCUT2D eigenvalue weighted by molar-refractivity contribution is 0.145. The molecule has 1 aromatic heterocycles. The summed E-state index contributed by atoms with van der Waals surface area (Å²) in [5.41, 5.74) is 0.481. The van der Waals surface area contributed by atoms with Gasteiger partial charge in [0.2, 0.25) is 0 Å². The maximum Gasteiger partial charge on any atom is 0.0325 e. The van der Waals surface area contributed by atoms with Crippen molar-refractivity contribution in [3.63, 3.8) is 0 Å². The largest absolute Gasteiger partial charge is 0.319 e. The third-order valence-electron chi connectivity index (χ3n) is 4.37. The van der Waals surface area contributed by atoms with Crippen LogP contribution >= 0.6 is 27.3 Å². The van der Waals surface area contributed by atoms with Gasteiger partial charge in [0, 0.05) is 34.4 Å². The molecule has 0 unspecified atom stereocenters. The highest BCUT2D eigenvalue weighted by atomic mass is 79.9. The van der Waals surface area contributed by atoms with E-state index in [4.69, 9.17) is 0 Å². The second kappa shape index (κ2) is 7.92. The van der Waals surface area contributed by atoms with Crippen LogP contribution < -0.4 is 5.32 Å². The first-order valence-electron chi connectivity index (χ1n) is 7.70. The van der Waals surface area contributed by atoms with E-state index in [-0.39, 0.29) is 0 Å². The lowest BCUT2D eigenvalue weighted by Gasteiger charge is -2.36. The molecule has 0 bridgehead atoms. The van der Waals surface area contributed by atoms with Gasteiger partial charge in [0.15, 0.2) is 0 Å². The van der Waals surface area contributed by atoms with Gasteiger partial charge in [0.25, 0.3) is 0 Å². The zero-order valence-electron chi connectivity index (χ0n) is 12.8. The van der Waals surface area contributed by atoms with Gasteiger partial charge in [0.05, 0.1) is 0 Å². The van der Waals surface area contributed by atoms with Crippen molar-refractivity contribution < 1.29 is 0 Å². The van der Waals surface area contributed by atoms with Crippen LogP contribution in [0.4, 0.5) is 0 Å². The zero-order chi connectivity index (χ0) is 14.4. The summed E-state index contributed by atoms with van der Waals surface area (Å²) in [5, 5.41) is 5.63. The summed E-state index contributed by atoms with van der Waals surface area (Å²) in [6, 6.07) is 2.25. The van der Waals surface area contributed by atoms with E-state index in [2.05, 4.69) is 51.7 Å². The Morgan fingerprint density at radius 1 is 1.30 bits per heavy atom. The highest BCUT2D eigenvalue weighted by Gasteiger charge is 2.31. The van der Waals surface area contributed by atoms with Crippen molar-refractivity contribution in [3.8, 4) is 0 Å². The van der Waals surface area contributed by atoms with Crippen LogP contribution in [0.2, 0.25) is 0 Å². The molecule has 1 N–H and O–H groups in total. The Labute approximate surface area is 136 Å². The van der Waals surface area contributed by atoms with Crippen LogP contribution in [0.3, 0.4) is 0 Å². The Bertz CT molecular complexity index is 397. The number of nitrogens with zero attached hydrogens (tertiary/aromatic N) is 1. The molecule has 1 fully saturated rings. The summed E-state index contributed by atoms with van der Waals surface area (Å²) >= 11 is 5.40. The average Bonchev–Trinajstić information content (AvgIpc) is 2.66. The highest BCUT2D eigenvalue weighted by Crippen LogP contribution is 2.35. The molecule has 1 heterocycles. The predicted octanol–water partition coefficient (Wildman–Crippen LogP) is 4.50. The molecule has 0 aromatic carbocycles. The van der Waals surface area contributed by atoms with E-state index in [1.54, 1.807) is 0 Å². The van der Waals surface area contributed by atoms with E-state index in [0.717, 1.165) is 13.1 Å². The van der Waals surface area contributed by atoms with E-state index in [1.807, 2.05) is 11.3 Å². The Balaban J connectivity index is 1.95. The van der Waals surface area contributed by atoms with E-state index in [0.29, 0.717) is 5.41 Å². The van der Waals surface area contributed by atoms with Crippen LogP contribution in [0.15, 0.2) is 15.9 Å². The van der Waals surface area contributed by atoms with Gasteiger partial charge in [0.1, 0.15) is 0 Å². The van der Waals surface area contributed by atoms with Crippen LogP contribution in [0.5, 0.6) is 0 Å². The maximum atomic E-state index is 3.55. The number of nitrogens with one attached hydrogen (secondary N) is 1. The standard InChI is InChI=1S/C16H27BrN2S/c1-18-12-16(7-5-3-4-6-8-16)13-19(2)10-15-9-14(17)11-20-15/h9,11,18H,3-8,10,12-13H2,1-2H3. The molecule has 1 aromatic rings.